The van der Waals surface area contributed by atoms with Crippen LogP contribution in [0.25, 0.3) is 28.0 Å². The Kier molecular flexibility index (Phi) is 4.16. The highest BCUT2D eigenvalue weighted by Gasteiger charge is 2.30. The van der Waals surface area contributed by atoms with Gasteiger partial charge in [-0.05, 0) is 42.7 Å². The number of aryl methyl sites for hydroxylation is 1. The van der Waals surface area contributed by atoms with Gasteiger partial charge in [0.15, 0.2) is 5.82 Å². The summed E-state index contributed by atoms with van der Waals surface area (Å²) in [5.41, 5.74) is 10.9. The van der Waals surface area contributed by atoms with Crippen molar-refractivity contribution in [1.82, 2.24) is 24.4 Å². The molecule has 3 heterocycles. The Bertz CT molecular complexity index is 1270. The maximum Gasteiger partial charge on any atom is 0.227 e. The molecule has 1 saturated carbocycles. The predicted molar refractivity (Wildman–Crippen MR) is 113 cm³/mol. The smallest absolute Gasteiger partial charge is 0.227 e. The third-order valence-corrected chi connectivity index (χ3v) is 5.28. The average Bonchev–Trinajstić information content (AvgIpc) is 3.40. The maximum atomic E-state index is 12.2. The van der Waals surface area contributed by atoms with Gasteiger partial charge in [0.1, 0.15) is 23.3 Å². The van der Waals surface area contributed by atoms with Crippen molar-refractivity contribution in [3.63, 3.8) is 0 Å². The molecule has 0 unspecified atom stereocenters. The molecule has 3 aromatic heterocycles. The fourth-order valence-electron chi connectivity index (χ4n) is 3.56. The van der Waals surface area contributed by atoms with Gasteiger partial charge in [-0.15, -0.1) is 0 Å². The number of hydrogen-bond acceptors (Lipinski definition) is 6. The van der Waals surface area contributed by atoms with Crippen molar-refractivity contribution in [2.24, 2.45) is 13.0 Å². The van der Waals surface area contributed by atoms with Gasteiger partial charge in [-0.3, -0.25) is 9.48 Å². The predicted octanol–water partition coefficient (Wildman–Crippen LogP) is 2.74. The van der Waals surface area contributed by atoms with Gasteiger partial charge in [-0.1, -0.05) is 6.07 Å². The molecule has 4 aromatic rings. The number of nitrogens with zero attached hydrogens (tertiary/aromatic N) is 5. The molecule has 0 bridgehead atoms. The summed E-state index contributed by atoms with van der Waals surface area (Å²) < 4.78 is 9.03. The van der Waals surface area contributed by atoms with Crippen LogP contribution in [0.4, 0.5) is 11.5 Å². The van der Waals surface area contributed by atoms with Crippen LogP contribution in [0, 0.1) is 5.92 Å². The molecule has 0 spiro atoms. The van der Waals surface area contributed by atoms with Crippen LogP contribution in [0.1, 0.15) is 12.8 Å². The van der Waals surface area contributed by atoms with Gasteiger partial charge in [0.25, 0.3) is 0 Å². The molecule has 1 amide bonds. The summed E-state index contributed by atoms with van der Waals surface area (Å²) in [5, 5.41) is 11.8. The molecule has 0 radical (unpaired) electrons. The van der Waals surface area contributed by atoms with E-state index in [-0.39, 0.29) is 11.8 Å². The lowest BCUT2D eigenvalue weighted by atomic mass is 10.1. The summed E-state index contributed by atoms with van der Waals surface area (Å²) in [4.78, 5) is 16.3. The lowest BCUT2D eigenvalue weighted by molar-refractivity contribution is -0.117. The highest BCUT2D eigenvalue weighted by Crippen LogP contribution is 2.38. The Morgan fingerprint density at radius 2 is 2.10 bits per heavy atom. The van der Waals surface area contributed by atoms with Crippen LogP contribution in [0.2, 0.25) is 0 Å². The van der Waals surface area contributed by atoms with E-state index in [1.54, 1.807) is 16.3 Å². The number of ether oxygens (including phenoxy) is 1. The fraction of sp³-hybridized carbons (Fsp3) is 0.238. The van der Waals surface area contributed by atoms with Crippen molar-refractivity contribution >= 4 is 22.9 Å². The second kappa shape index (κ2) is 6.87. The van der Waals surface area contributed by atoms with Gasteiger partial charge in [0, 0.05) is 24.7 Å². The summed E-state index contributed by atoms with van der Waals surface area (Å²) in [5.74, 6) is 1.09. The number of fused-ring (bicyclic) bond motifs is 1. The molecule has 5 rings (SSSR count). The molecule has 1 aliphatic carbocycles. The van der Waals surface area contributed by atoms with E-state index in [0.29, 0.717) is 22.8 Å². The molecular formula is C21H21N7O2. The zero-order valence-corrected chi connectivity index (χ0v) is 16.7. The number of rotatable bonds is 5. The number of amides is 1. The second-order valence-corrected chi connectivity index (χ2v) is 7.40. The van der Waals surface area contributed by atoms with Crippen LogP contribution in [0.3, 0.4) is 0 Å². The van der Waals surface area contributed by atoms with Gasteiger partial charge < -0.3 is 15.8 Å². The van der Waals surface area contributed by atoms with Crippen molar-refractivity contribution in [2.75, 3.05) is 18.2 Å². The van der Waals surface area contributed by atoms with Gasteiger partial charge in [0.2, 0.25) is 5.91 Å². The van der Waals surface area contributed by atoms with Crippen LogP contribution in [0.5, 0.6) is 5.75 Å². The van der Waals surface area contributed by atoms with Gasteiger partial charge in [-0.2, -0.15) is 10.2 Å². The summed E-state index contributed by atoms with van der Waals surface area (Å²) in [6.07, 6.45) is 5.19. The number of methoxy groups -OCH3 is 1. The minimum absolute atomic E-state index is 0.0328. The zero-order chi connectivity index (χ0) is 20.8. The number of carbonyl (C=O) groups excluding carboxylic acids is 1. The molecule has 3 N–H and O–H groups in total. The Morgan fingerprint density at radius 3 is 2.80 bits per heavy atom. The molecule has 0 aliphatic heterocycles. The summed E-state index contributed by atoms with van der Waals surface area (Å²) >= 11 is 0. The molecular weight excluding hydrogens is 382 g/mol. The number of anilines is 2. The van der Waals surface area contributed by atoms with Crippen LogP contribution < -0.4 is 15.8 Å². The molecule has 152 valence electrons. The van der Waals surface area contributed by atoms with E-state index in [1.165, 1.54) is 6.33 Å². The fourth-order valence-corrected chi connectivity index (χ4v) is 3.56. The Balaban J connectivity index is 1.63. The number of hydrogen-bond donors (Lipinski definition) is 2. The number of carbonyl (C=O) groups is 1. The number of benzene rings is 1. The van der Waals surface area contributed by atoms with E-state index in [0.717, 1.165) is 35.4 Å². The number of nitrogens with two attached hydrogens (primary N) is 1. The first-order valence-electron chi connectivity index (χ1n) is 9.66. The van der Waals surface area contributed by atoms with E-state index in [4.69, 9.17) is 10.5 Å². The largest absolute Gasteiger partial charge is 0.495 e. The van der Waals surface area contributed by atoms with E-state index < -0.39 is 0 Å². The molecule has 0 saturated heterocycles. The van der Waals surface area contributed by atoms with Crippen LogP contribution in [0.15, 0.2) is 42.9 Å². The molecule has 1 fully saturated rings. The highest BCUT2D eigenvalue weighted by atomic mass is 16.5. The Labute approximate surface area is 172 Å². The zero-order valence-electron chi connectivity index (χ0n) is 16.7. The van der Waals surface area contributed by atoms with E-state index in [1.807, 2.05) is 43.6 Å². The molecule has 9 nitrogen and oxygen atoms in total. The number of aromatic nitrogens is 5. The Morgan fingerprint density at radius 1 is 1.27 bits per heavy atom. The minimum atomic E-state index is 0.0328. The van der Waals surface area contributed by atoms with Crippen molar-refractivity contribution in [2.45, 2.75) is 12.8 Å². The molecule has 9 heteroatoms. The lowest BCUT2D eigenvalue weighted by Gasteiger charge is -2.12. The van der Waals surface area contributed by atoms with Crippen molar-refractivity contribution < 1.29 is 9.53 Å². The molecule has 1 aromatic carbocycles. The van der Waals surface area contributed by atoms with E-state index in [9.17, 15) is 4.79 Å². The summed E-state index contributed by atoms with van der Waals surface area (Å²) in [6, 6.07) is 9.56. The second-order valence-electron chi connectivity index (χ2n) is 7.40. The molecule has 0 atom stereocenters. The third kappa shape index (κ3) is 3.04. The average molecular weight is 403 g/mol. The van der Waals surface area contributed by atoms with Gasteiger partial charge in [0.05, 0.1) is 18.5 Å². The molecule has 30 heavy (non-hydrogen) atoms. The first kappa shape index (κ1) is 18.2. The summed E-state index contributed by atoms with van der Waals surface area (Å²) in [7, 11) is 3.45. The van der Waals surface area contributed by atoms with Crippen LogP contribution in [-0.2, 0) is 11.8 Å². The number of nitrogens with one attached hydrogen (secondary N) is 1. The van der Waals surface area contributed by atoms with Crippen LogP contribution in [-0.4, -0.2) is 37.4 Å². The van der Waals surface area contributed by atoms with Gasteiger partial charge in [-0.25, -0.2) is 9.50 Å². The topological polar surface area (TPSA) is 112 Å². The van der Waals surface area contributed by atoms with E-state index >= 15 is 0 Å². The van der Waals surface area contributed by atoms with Crippen LogP contribution >= 0.6 is 0 Å². The standard InChI is InChI=1S/C21H21N7O2/c1-27-8-7-15(26-27)17-10-14(19-20(22)23-11-24-28(17)19)13-5-6-16(18(9-13)30-2)25-21(29)12-3-4-12/h5-12H,3-4H2,1-2H3,(H,25,29)(H2,22,23,24). The monoisotopic (exact) mass is 403 g/mol. The number of nitrogen functional groups attached to an aromatic ring is 1. The van der Waals surface area contributed by atoms with Gasteiger partial charge >= 0.3 is 0 Å². The van der Waals surface area contributed by atoms with Crippen molar-refractivity contribution in [1.29, 1.82) is 0 Å². The molecule has 1 aliphatic rings. The summed E-state index contributed by atoms with van der Waals surface area (Å²) in [6.45, 7) is 0. The Hall–Kier alpha value is -3.88. The minimum Gasteiger partial charge on any atom is -0.495 e. The van der Waals surface area contributed by atoms with Crippen molar-refractivity contribution in [3.8, 4) is 28.3 Å². The SMILES string of the molecule is COc1cc(-c2cc(-c3ccn(C)n3)n3ncnc(N)c23)ccc1NC(=O)C1CC1. The first-order valence-corrected chi connectivity index (χ1v) is 9.66. The first-order chi connectivity index (χ1) is 14.5. The normalized spacial score (nSPS) is 13.5. The van der Waals surface area contributed by atoms with E-state index in [2.05, 4.69) is 20.5 Å². The third-order valence-electron chi connectivity index (χ3n) is 5.28. The quantitative estimate of drug-likeness (QED) is 0.530. The maximum absolute atomic E-state index is 12.2. The van der Waals surface area contributed by atoms with Crippen molar-refractivity contribution in [3.05, 3.63) is 42.9 Å². The lowest BCUT2D eigenvalue weighted by Crippen LogP contribution is -2.13. The highest BCUT2D eigenvalue weighted by molar-refractivity contribution is 5.97.